The molecule has 0 N–H and O–H groups in total. The second kappa shape index (κ2) is 9.59. The molecular formula is C21H23ClN2O5S. The summed E-state index contributed by atoms with van der Waals surface area (Å²) in [6.45, 7) is 0.377. The molecule has 160 valence electrons. The number of anilines is 1. The van der Waals surface area contributed by atoms with Crippen LogP contribution in [-0.4, -0.2) is 51.3 Å². The number of likely N-dealkylation sites (N-methyl/N-ethyl adjacent to an activating group) is 1. The molecule has 1 aliphatic heterocycles. The molecule has 0 aromatic heterocycles. The van der Waals surface area contributed by atoms with Crippen LogP contribution >= 0.6 is 11.6 Å². The Hall–Kier alpha value is -2.42. The van der Waals surface area contributed by atoms with Gasteiger partial charge in [0.15, 0.2) is 6.61 Å². The molecule has 1 saturated heterocycles. The lowest BCUT2D eigenvalue weighted by atomic mass is 10.2. The van der Waals surface area contributed by atoms with Crippen LogP contribution in [0.2, 0.25) is 5.02 Å². The highest BCUT2D eigenvalue weighted by Crippen LogP contribution is 2.28. The summed E-state index contributed by atoms with van der Waals surface area (Å²) in [5, 5.41) is 0.0389. The Bertz CT molecular complexity index is 1020. The van der Waals surface area contributed by atoms with Crippen molar-refractivity contribution in [3.05, 3.63) is 59.1 Å². The summed E-state index contributed by atoms with van der Waals surface area (Å²) in [5.41, 5.74) is 0.685. The van der Waals surface area contributed by atoms with Crippen LogP contribution in [0.3, 0.4) is 0 Å². The Morgan fingerprint density at radius 3 is 2.40 bits per heavy atom. The van der Waals surface area contributed by atoms with E-state index < -0.39 is 28.5 Å². The van der Waals surface area contributed by atoms with Crippen LogP contribution < -0.4 is 4.90 Å². The minimum absolute atomic E-state index is 0.0187. The fourth-order valence-electron chi connectivity index (χ4n) is 3.18. The zero-order valence-corrected chi connectivity index (χ0v) is 18.2. The summed E-state index contributed by atoms with van der Waals surface area (Å²) in [4.78, 5) is 26.0. The number of halogens is 1. The van der Waals surface area contributed by atoms with Gasteiger partial charge in [-0.25, -0.2) is 13.2 Å². The van der Waals surface area contributed by atoms with E-state index in [1.54, 1.807) is 31.3 Å². The lowest BCUT2D eigenvalue weighted by Crippen LogP contribution is -2.35. The monoisotopic (exact) mass is 450 g/mol. The summed E-state index contributed by atoms with van der Waals surface area (Å²) < 4.78 is 32.3. The van der Waals surface area contributed by atoms with Gasteiger partial charge in [0.1, 0.15) is 4.90 Å². The number of rotatable bonds is 6. The third-order valence-corrected chi connectivity index (χ3v) is 7.32. The molecule has 7 nitrogen and oxygen atoms in total. The minimum Gasteiger partial charge on any atom is -0.452 e. The van der Waals surface area contributed by atoms with Crippen LogP contribution in [0.15, 0.2) is 53.4 Å². The summed E-state index contributed by atoms with van der Waals surface area (Å²) >= 11 is 6.12. The molecule has 1 amide bonds. The van der Waals surface area contributed by atoms with Gasteiger partial charge in [0.05, 0.1) is 10.6 Å². The zero-order chi connectivity index (χ0) is 21.7. The first-order valence-electron chi connectivity index (χ1n) is 9.59. The molecule has 1 heterocycles. The molecule has 0 saturated carbocycles. The highest BCUT2D eigenvalue weighted by molar-refractivity contribution is 7.89. The van der Waals surface area contributed by atoms with Crippen molar-refractivity contribution in [1.29, 1.82) is 0 Å². The van der Waals surface area contributed by atoms with E-state index in [9.17, 15) is 18.0 Å². The van der Waals surface area contributed by atoms with Gasteiger partial charge in [-0.15, -0.1) is 0 Å². The minimum atomic E-state index is -3.81. The van der Waals surface area contributed by atoms with E-state index in [0.717, 1.165) is 19.3 Å². The van der Waals surface area contributed by atoms with E-state index in [1.165, 1.54) is 27.4 Å². The van der Waals surface area contributed by atoms with E-state index >= 15 is 0 Å². The third kappa shape index (κ3) is 5.00. The highest BCUT2D eigenvalue weighted by atomic mass is 35.5. The summed E-state index contributed by atoms with van der Waals surface area (Å²) in [6.07, 6.45) is 2.56. The number of benzene rings is 2. The molecule has 1 fully saturated rings. The Morgan fingerprint density at radius 1 is 1.07 bits per heavy atom. The van der Waals surface area contributed by atoms with Crippen LogP contribution in [-0.2, 0) is 19.6 Å². The number of para-hydroxylation sites is 1. The van der Waals surface area contributed by atoms with Crippen LogP contribution in [0.5, 0.6) is 0 Å². The van der Waals surface area contributed by atoms with Gasteiger partial charge in [-0.3, -0.25) is 4.79 Å². The highest BCUT2D eigenvalue weighted by Gasteiger charge is 2.29. The van der Waals surface area contributed by atoms with Crippen molar-refractivity contribution in [2.75, 3.05) is 31.6 Å². The van der Waals surface area contributed by atoms with Gasteiger partial charge in [-0.05, 0) is 43.2 Å². The maximum atomic E-state index is 12.9. The van der Waals surface area contributed by atoms with Crippen LogP contribution in [0, 0.1) is 0 Å². The molecule has 30 heavy (non-hydrogen) atoms. The molecule has 0 spiro atoms. The van der Waals surface area contributed by atoms with Crippen molar-refractivity contribution >= 4 is 39.2 Å². The Morgan fingerprint density at radius 2 is 1.73 bits per heavy atom. The average molecular weight is 451 g/mol. The second-order valence-corrected chi connectivity index (χ2v) is 9.29. The number of amides is 1. The fourth-order valence-corrected chi connectivity index (χ4v) is 5.19. The first kappa shape index (κ1) is 22.3. The molecule has 0 atom stereocenters. The van der Waals surface area contributed by atoms with Gasteiger partial charge in [0, 0.05) is 25.8 Å². The lowest BCUT2D eigenvalue weighted by Gasteiger charge is -2.26. The molecular weight excluding hydrogens is 428 g/mol. The summed E-state index contributed by atoms with van der Waals surface area (Å²) in [6, 6.07) is 12.9. The number of hydrogen-bond acceptors (Lipinski definition) is 5. The molecule has 2 aromatic carbocycles. The lowest BCUT2D eigenvalue weighted by molar-refractivity contribution is -0.121. The van der Waals surface area contributed by atoms with Gasteiger partial charge >= 0.3 is 5.97 Å². The number of esters is 1. The normalized spacial score (nSPS) is 14.9. The van der Waals surface area contributed by atoms with Crippen molar-refractivity contribution in [1.82, 2.24) is 4.31 Å². The number of carbonyl (C=O) groups is 2. The van der Waals surface area contributed by atoms with Gasteiger partial charge < -0.3 is 9.64 Å². The van der Waals surface area contributed by atoms with Gasteiger partial charge in [0.2, 0.25) is 10.0 Å². The largest absolute Gasteiger partial charge is 0.452 e. The maximum absolute atomic E-state index is 12.9. The number of nitrogens with zero attached hydrogens (tertiary/aromatic N) is 2. The van der Waals surface area contributed by atoms with Crippen LogP contribution in [0.25, 0.3) is 0 Å². The molecule has 0 radical (unpaired) electrons. The topological polar surface area (TPSA) is 84.0 Å². The van der Waals surface area contributed by atoms with Crippen LogP contribution in [0.1, 0.15) is 29.6 Å². The van der Waals surface area contributed by atoms with Gasteiger partial charge in [-0.1, -0.05) is 36.2 Å². The van der Waals surface area contributed by atoms with Crippen molar-refractivity contribution in [3.63, 3.8) is 0 Å². The quantitative estimate of drug-likeness (QED) is 0.630. The fraction of sp³-hybridized carbons (Fsp3) is 0.333. The Kier molecular flexibility index (Phi) is 7.12. The third-order valence-electron chi connectivity index (χ3n) is 4.94. The van der Waals surface area contributed by atoms with E-state index in [1.807, 2.05) is 6.07 Å². The van der Waals surface area contributed by atoms with Gasteiger partial charge in [-0.2, -0.15) is 4.31 Å². The SMILES string of the molecule is CN(C(=O)COC(=O)c1ccc(Cl)c(S(=O)(=O)N2CCCCC2)c1)c1ccccc1. The number of carbonyl (C=O) groups excluding carboxylic acids is 2. The molecule has 0 unspecified atom stereocenters. The zero-order valence-electron chi connectivity index (χ0n) is 16.6. The average Bonchev–Trinajstić information content (AvgIpc) is 2.78. The van der Waals surface area contributed by atoms with Crippen molar-refractivity contribution in [2.24, 2.45) is 0 Å². The number of piperidine rings is 1. The predicted octanol–water partition coefficient (Wildman–Crippen LogP) is 3.33. The molecule has 2 aromatic rings. The van der Waals surface area contributed by atoms with E-state index in [2.05, 4.69) is 0 Å². The van der Waals surface area contributed by atoms with Crippen molar-refractivity contribution in [3.8, 4) is 0 Å². The molecule has 1 aliphatic rings. The molecule has 0 aliphatic carbocycles. The van der Waals surface area contributed by atoms with E-state index in [-0.39, 0.29) is 15.5 Å². The number of ether oxygens (including phenoxy) is 1. The van der Waals surface area contributed by atoms with Crippen LogP contribution in [0.4, 0.5) is 5.69 Å². The van der Waals surface area contributed by atoms with E-state index in [0.29, 0.717) is 18.8 Å². The summed E-state index contributed by atoms with van der Waals surface area (Å²) in [5.74, 6) is -1.21. The standard InChI is InChI=1S/C21H23ClN2O5S/c1-23(17-8-4-2-5-9-17)20(25)15-29-21(26)16-10-11-18(22)19(14-16)30(27,28)24-12-6-3-7-13-24/h2,4-5,8-11,14H,3,6-7,12-13,15H2,1H3. The molecule has 0 bridgehead atoms. The van der Waals surface area contributed by atoms with Crippen molar-refractivity contribution in [2.45, 2.75) is 24.2 Å². The number of sulfonamides is 1. The van der Waals surface area contributed by atoms with Gasteiger partial charge in [0.25, 0.3) is 5.91 Å². The maximum Gasteiger partial charge on any atom is 0.338 e. The molecule has 3 rings (SSSR count). The smallest absolute Gasteiger partial charge is 0.338 e. The molecule has 9 heteroatoms. The first-order valence-corrected chi connectivity index (χ1v) is 11.4. The summed E-state index contributed by atoms with van der Waals surface area (Å²) in [7, 11) is -2.23. The second-order valence-electron chi connectivity index (χ2n) is 6.97. The Labute approximate surface area is 181 Å². The predicted molar refractivity (Wildman–Crippen MR) is 114 cm³/mol. The van der Waals surface area contributed by atoms with E-state index in [4.69, 9.17) is 16.3 Å². The van der Waals surface area contributed by atoms with Crippen molar-refractivity contribution < 1.29 is 22.7 Å². The Balaban J connectivity index is 1.71. The first-order chi connectivity index (χ1) is 14.3. The number of hydrogen-bond donors (Lipinski definition) is 0.